The van der Waals surface area contributed by atoms with Crippen molar-refractivity contribution in [3.8, 4) is 0 Å². The minimum atomic E-state index is -0.383. The summed E-state index contributed by atoms with van der Waals surface area (Å²) in [5.74, 6) is 0.153. The molecule has 1 aliphatic heterocycles. The van der Waals surface area contributed by atoms with Crippen molar-refractivity contribution in [2.45, 2.75) is 63.6 Å². The number of amides is 1. The third-order valence-electron chi connectivity index (χ3n) is 3.45. The number of rotatable bonds is 0. The zero-order valence-electron chi connectivity index (χ0n) is 9.10. The molecule has 0 aromatic carbocycles. The van der Waals surface area contributed by atoms with Gasteiger partial charge in [0.2, 0.25) is 5.91 Å². The summed E-state index contributed by atoms with van der Waals surface area (Å²) in [5, 5.41) is 6.62. The number of fused-ring (bicyclic) bond motifs is 1. The Morgan fingerprint density at radius 1 is 1.14 bits per heavy atom. The second-order valence-electron chi connectivity index (χ2n) is 5.09. The van der Waals surface area contributed by atoms with Crippen molar-refractivity contribution >= 4 is 5.91 Å². The van der Waals surface area contributed by atoms with Gasteiger partial charge in [-0.05, 0) is 26.7 Å². The van der Waals surface area contributed by atoms with Gasteiger partial charge >= 0.3 is 0 Å². The van der Waals surface area contributed by atoms with E-state index in [1.807, 2.05) is 13.8 Å². The van der Waals surface area contributed by atoms with Crippen LogP contribution in [0.1, 0.15) is 46.0 Å². The average molecular weight is 196 g/mol. The largest absolute Gasteiger partial charge is 0.350 e. The van der Waals surface area contributed by atoms with Gasteiger partial charge in [0, 0.05) is 12.1 Å². The summed E-state index contributed by atoms with van der Waals surface area (Å²) in [6.07, 6.45) is 6.20. The SMILES string of the molecule is CC1(C)N[C@@H]2CCCCC[C@H]2NC1=O. The second kappa shape index (κ2) is 3.54. The summed E-state index contributed by atoms with van der Waals surface area (Å²) >= 11 is 0. The lowest BCUT2D eigenvalue weighted by Gasteiger charge is -2.41. The molecular weight excluding hydrogens is 176 g/mol. The van der Waals surface area contributed by atoms with Crippen LogP contribution in [0.15, 0.2) is 0 Å². The monoisotopic (exact) mass is 196 g/mol. The maximum Gasteiger partial charge on any atom is 0.240 e. The standard InChI is InChI=1S/C11H20N2O/c1-11(2)10(14)12-8-6-4-3-5-7-9(8)13-11/h8-9,13H,3-7H2,1-2H3,(H,12,14)/t8-,9-/m1/s1. The first kappa shape index (κ1) is 9.97. The van der Waals surface area contributed by atoms with E-state index in [1.54, 1.807) is 0 Å². The zero-order valence-corrected chi connectivity index (χ0v) is 9.10. The van der Waals surface area contributed by atoms with E-state index in [1.165, 1.54) is 25.7 Å². The number of carbonyl (C=O) groups is 1. The fourth-order valence-electron chi connectivity index (χ4n) is 2.53. The number of nitrogens with one attached hydrogen (secondary N) is 2. The minimum absolute atomic E-state index is 0.153. The molecule has 2 aliphatic rings. The highest BCUT2D eigenvalue weighted by Gasteiger charge is 2.40. The molecule has 3 heteroatoms. The highest BCUT2D eigenvalue weighted by molar-refractivity contribution is 5.86. The summed E-state index contributed by atoms with van der Waals surface area (Å²) < 4.78 is 0. The van der Waals surface area contributed by atoms with Crippen LogP contribution in [-0.4, -0.2) is 23.5 Å². The summed E-state index contributed by atoms with van der Waals surface area (Å²) in [6, 6.07) is 0.864. The van der Waals surface area contributed by atoms with Gasteiger partial charge in [-0.3, -0.25) is 10.1 Å². The molecule has 3 nitrogen and oxygen atoms in total. The molecule has 0 aromatic heterocycles. The van der Waals surface area contributed by atoms with Crippen LogP contribution in [0.3, 0.4) is 0 Å². The Morgan fingerprint density at radius 3 is 2.50 bits per heavy atom. The Hall–Kier alpha value is -0.570. The topological polar surface area (TPSA) is 41.1 Å². The van der Waals surface area contributed by atoms with Crippen molar-refractivity contribution in [1.82, 2.24) is 10.6 Å². The molecule has 0 bridgehead atoms. The van der Waals surface area contributed by atoms with Crippen molar-refractivity contribution in [2.75, 3.05) is 0 Å². The molecule has 1 aliphatic carbocycles. The Morgan fingerprint density at radius 2 is 1.79 bits per heavy atom. The maximum atomic E-state index is 11.7. The van der Waals surface area contributed by atoms with E-state index < -0.39 is 0 Å². The molecule has 14 heavy (non-hydrogen) atoms. The molecule has 2 fully saturated rings. The fraction of sp³-hybridized carbons (Fsp3) is 0.909. The van der Waals surface area contributed by atoms with Gasteiger partial charge < -0.3 is 5.32 Å². The molecule has 0 aromatic rings. The molecule has 80 valence electrons. The van der Waals surface area contributed by atoms with Gasteiger partial charge in [0.25, 0.3) is 0 Å². The summed E-state index contributed by atoms with van der Waals surface area (Å²) in [7, 11) is 0. The highest BCUT2D eigenvalue weighted by atomic mass is 16.2. The van der Waals surface area contributed by atoms with E-state index in [4.69, 9.17) is 0 Å². The van der Waals surface area contributed by atoms with Gasteiger partial charge in [-0.1, -0.05) is 19.3 Å². The van der Waals surface area contributed by atoms with Crippen molar-refractivity contribution in [3.05, 3.63) is 0 Å². The lowest BCUT2D eigenvalue weighted by atomic mass is 9.91. The molecule has 2 N–H and O–H groups in total. The molecule has 2 atom stereocenters. The summed E-state index contributed by atoms with van der Waals surface area (Å²) in [4.78, 5) is 11.7. The number of hydrogen-bond donors (Lipinski definition) is 2. The molecular formula is C11H20N2O. The van der Waals surface area contributed by atoms with Crippen LogP contribution in [0.25, 0.3) is 0 Å². The van der Waals surface area contributed by atoms with E-state index in [-0.39, 0.29) is 11.4 Å². The molecule has 0 unspecified atom stereocenters. The molecule has 1 amide bonds. The van der Waals surface area contributed by atoms with Gasteiger partial charge in [-0.25, -0.2) is 0 Å². The number of carbonyl (C=O) groups excluding carboxylic acids is 1. The summed E-state index contributed by atoms with van der Waals surface area (Å²) in [5.41, 5.74) is -0.383. The Kier molecular flexibility index (Phi) is 2.52. The molecule has 1 saturated heterocycles. The van der Waals surface area contributed by atoms with E-state index in [0.29, 0.717) is 12.1 Å². The van der Waals surface area contributed by atoms with Gasteiger partial charge in [-0.2, -0.15) is 0 Å². The average Bonchev–Trinajstić information content (AvgIpc) is 2.30. The van der Waals surface area contributed by atoms with Crippen molar-refractivity contribution in [3.63, 3.8) is 0 Å². The van der Waals surface area contributed by atoms with E-state index in [2.05, 4.69) is 10.6 Å². The number of hydrogen-bond acceptors (Lipinski definition) is 2. The smallest absolute Gasteiger partial charge is 0.240 e. The second-order valence-corrected chi connectivity index (χ2v) is 5.09. The quantitative estimate of drug-likeness (QED) is 0.611. The first-order valence-corrected chi connectivity index (χ1v) is 5.68. The third-order valence-corrected chi connectivity index (χ3v) is 3.45. The van der Waals surface area contributed by atoms with Gasteiger partial charge in [-0.15, -0.1) is 0 Å². The first-order valence-electron chi connectivity index (χ1n) is 5.68. The number of piperazine rings is 1. The first-order chi connectivity index (χ1) is 6.59. The van der Waals surface area contributed by atoms with E-state index in [9.17, 15) is 4.79 Å². The Labute approximate surface area is 85.6 Å². The van der Waals surface area contributed by atoms with E-state index in [0.717, 1.165) is 6.42 Å². The third kappa shape index (κ3) is 1.78. The van der Waals surface area contributed by atoms with Crippen LogP contribution >= 0.6 is 0 Å². The van der Waals surface area contributed by atoms with Crippen molar-refractivity contribution in [2.24, 2.45) is 0 Å². The van der Waals surface area contributed by atoms with Crippen molar-refractivity contribution < 1.29 is 4.79 Å². The Bertz CT molecular complexity index is 237. The van der Waals surface area contributed by atoms with Crippen molar-refractivity contribution in [1.29, 1.82) is 0 Å². The zero-order chi connectivity index (χ0) is 10.2. The molecule has 1 saturated carbocycles. The van der Waals surface area contributed by atoms with Crippen LogP contribution in [0.5, 0.6) is 0 Å². The van der Waals surface area contributed by atoms with Crippen LogP contribution < -0.4 is 10.6 Å². The maximum absolute atomic E-state index is 11.7. The normalized spacial score (nSPS) is 36.9. The van der Waals surface area contributed by atoms with Crippen LogP contribution in [0.4, 0.5) is 0 Å². The van der Waals surface area contributed by atoms with Crippen LogP contribution in [-0.2, 0) is 4.79 Å². The predicted octanol–water partition coefficient (Wildman–Crippen LogP) is 1.19. The lowest BCUT2D eigenvalue weighted by Crippen LogP contribution is -2.68. The van der Waals surface area contributed by atoms with Gasteiger partial charge in [0.15, 0.2) is 0 Å². The Balaban J connectivity index is 2.10. The molecule has 1 heterocycles. The summed E-state index contributed by atoms with van der Waals surface area (Å²) in [6.45, 7) is 3.92. The lowest BCUT2D eigenvalue weighted by molar-refractivity contribution is -0.130. The predicted molar refractivity (Wildman–Crippen MR) is 56.0 cm³/mol. The van der Waals surface area contributed by atoms with Gasteiger partial charge in [0.1, 0.15) is 0 Å². The minimum Gasteiger partial charge on any atom is -0.350 e. The van der Waals surface area contributed by atoms with E-state index >= 15 is 0 Å². The fourth-order valence-corrected chi connectivity index (χ4v) is 2.53. The molecule has 0 radical (unpaired) electrons. The van der Waals surface area contributed by atoms with Crippen LogP contribution in [0, 0.1) is 0 Å². The highest BCUT2D eigenvalue weighted by Crippen LogP contribution is 2.23. The molecule has 2 rings (SSSR count). The van der Waals surface area contributed by atoms with Gasteiger partial charge in [0.05, 0.1) is 5.54 Å². The molecule has 0 spiro atoms. The van der Waals surface area contributed by atoms with Crippen LogP contribution in [0.2, 0.25) is 0 Å².